The number of nitrogens with one attached hydrogen (secondary N) is 1. The number of benzene rings is 2. The van der Waals surface area contributed by atoms with Crippen LogP contribution in [0, 0.1) is 0 Å². The van der Waals surface area contributed by atoms with Gasteiger partial charge >= 0.3 is 0 Å². The van der Waals surface area contributed by atoms with Gasteiger partial charge in [-0.25, -0.2) is 0 Å². The fourth-order valence-corrected chi connectivity index (χ4v) is 2.67. The summed E-state index contributed by atoms with van der Waals surface area (Å²) in [7, 11) is 1.53. The predicted molar refractivity (Wildman–Crippen MR) is 99.2 cm³/mol. The molecular weight excluding hydrogens is 340 g/mol. The maximum absolute atomic E-state index is 12.2. The number of hydrogen-bond acceptors (Lipinski definition) is 3. The predicted octanol–water partition coefficient (Wildman–Crippen LogP) is 3.06. The van der Waals surface area contributed by atoms with Crippen molar-refractivity contribution in [3.8, 4) is 5.75 Å². The zero-order valence-corrected chi connectivity index (χ0v) is 15.0. The number of hydrogen-bond donors (Lipinski definition) is 1. The van der Waals surface area contributed by atoms with E-state index in [1.807, 2.05) is 30.3 Å². The summed E-state index contributed by atoms with van der Waals surface area (Å²) in [5.74, 6) is 0.0852. The van der Waals surface area contributed by atoms with E-state index in [4.69, 9.17) is 16.3 Å². The van der Waals surface area contributed by atoms with Crippen molar-refractivity contribution >= 4 is 29.1 Å². The summed E-state index contributed by atoms with van der Waals surface area (Å²) in [4.78, 5) is 25.6. The molecule has 132 valence electrons. The van der Waals surface area contributed by atoms with Crippen LogP contribution in [0.15, 0.2) is 48.5 Å². The number of carbonyl (C=O) groups is 2. The molecule has 0 saturated heterocycles. The Bertz CT molecular complexity index is 749. The molecule has 0 aliphatic carbocycles. The van der Waals surface area contributed by atoms with Crippen molar-refractivity contribution in [2.45, 2.75) is 13.3 Å². The van der Waals surface area contributed by atoms with Gasteiger partial charge in [-0.15, -0.1) is 0 Å². The highest BCUT2D eigenvalue weighted by atomic mass is 35.5. The van der Waals surface area contributed by atoms with Crippen LogP contribution in [-0.4, -0.2) is 32.0 Å². The monoisotopic (exact) mass is 360 g/mol. The molecule has 2 aromatic rings. The molecule has 2 rings (SSSR count). The summed E-state index contributed by atoms with van der Waals surface area (Å²) in [6.07, 6.45) is 0.668. The summed E-state index contributed by atoms with van der Waals surface area (Å²) in [5.41, 5.74) is 1.61. The number of amides is 2. The number of methoxy groups -OCH3 is 1. The van der Waals surface area contributed by atoms with E-state index < -0.39 is 0 Å². The first kappa shape index (κ1) is 18.8. The average Bonchev–Trinajstić information content (AvgIpc) is 2.59. The van der Waals surface area contributed by atoms with E-state index in [1.165, 1.54) is 18.9 Å². The van der Waals surface area contributed by atoms with Gasteiger partial charge in [0.15, 0.2) is 0 Å². The lowest BCUT2D eigenvalue weighted by atomic mass is 10.1. The van der Waals surface area contributed by atoms with Gasteiger partial charge < -0.3 is 10.1 Å². The van der Waals surface area contributed by atoms with Gasteiger partial charge in [0.25, 0.3) is 0 Å². The highest BCUT2D eigenvalue weighted by molar-refractivity contribution is 6.30. The fraction of sp³-hybridized carbons (Fsp3) is 0.263. The number of anilines is 1. The van der Waals surface area contributed by atoms with Crippen molar-refractivity contribution in [3.05, 3.63) is 59.1 Å². The molecule has 0 saturated carbocycles. The van der Waals surface area contributed by atoms with Crippen LogP contribution in [0.25, 0.3) is 0 Å². The van der Waals surface area contributed by atoms with Gasteiger partial charge in [0.1, 0.15) is 12.3 Å². The molecule has 0 bridgehead atoms. The Labute approximate surface area is 152 Å². The first-order valence-electron chi connectivity index (χ1n) is 7.93. The second kappa shape index (κ2) is 9.08. The summed E-state index contributed by atoms with van der Waals surface area (Å²) >= 11 is 5.94. The molecule has 6 heteroatoms. The maximum atomic E-state index is 12.2. The molecule has 0 aliphatic rings. The molecule has 1 N–H and O–H groups in total. The molecule has 0 radical (unpaired) electrons. The highest BCUT2D eigenvalue weighted by Gasteiger charge is 2.18. The van der Waals surface area contributed by atoms with Crippen molar-refractivity contribution in [1.29, 1.82) is 0 Å². The molecule has 0 aromatic heterocycles. The Morgan fingerprint density at radius 2 is 1.92 bits per heavy atom. The molecule has 0 heterocycles. The van der Waals surface area contributed by atoms with Crippen LogP contribution in [0.1, 0.15) is 12.5 Å². The van der Waals surface area contributed by atoms with E-state index >= 15 is 0 Å². The van der Waals surface area contributed by atoms with Crippen molar-refractivity contribution < 1.29 is 14.3 Å². The van der Waals surface area contributed by atoms with E-state index in [9.17, 15) is 9.59 Å². The fourth-order valence-electron chi connectivity index (χ4n) is 2.46. The van der Waals surface area contributed by atoms with Crippen molar-refractivity contribution in [1.82, 2.24) is 5.32 Å². The minimum atomic E-state index is -0.233. The van der Waals surface area contributed by atoms with E-state index in [1.54, 1.807) is 18.2 Å². The largest absolute Gasteiger partial charge is 0.495 e. The van der Waals surface area contributed by atoms with Gasteiger partial charge in [-0.2, -0.15) is 0 Å². The molecule has 5 nitrogen and oxygen atoms in total. The van der Waals surface area contributed by atoms with E-state index in [0.717, 1.165) is 5.56 Å². The van der Waals surface area contributed by atoms with E-state index in [-0.39, 0.29) is 18.4 Å². The van der Waals surface area contributed by atoms with Gasteiger partial charge in [0.05, 0.1) is 12.8 Å². The van der Waals surface area contributed by atoms with Crippen LogP contribution in [0.5, 0.6) is 5.75 Å². The topological polar surface area (TPSA) is 58.6 Å². The number of rotatable bonds is 7. The van der Waals surface area contributed by atoms with E-state index in [0.29, 0.717) is 29.4 Å². The Balaban J connectivity index is 1.95. The third kappa shape index (κ3) is 5.50. The van der Waals surface area contributed by atoms with Gasteiger partial charge in [-0.05, 0) is 36.2 Å². The Morgan fingerprint density at radius 1 is 1.16 bits per heavy atom. The lowest BCUT2D eigenvalue weighted by molar-refractivity contribution is -0.123. The normalized spacial score (nSPS) is 10.2. The third-order valence-corrected chi connectivity index (χ3v) is 3.92. The van der Waals surface area contributed by atoms with Crippen LogP contribution in [-0.2, 0) is 16.0 Å². The average molecular weight is 361 g/mol. The number of ether oxygens (including phenoxy) is 1. The van der Waals surface area contributed by atoms with E-state index in [2.05, 4.69) is 5.32 Å². The second-order valence-corrected chi connectivity index (χ2v) is 5.94. The van der Waals surface area contributed by atoms with Crippen LogP contribution in [0.4, 0.5) is 5.69 Å². The Morgan fingerprint density at radius 3 is 2.60 bits per heavy atom. The molecular formula is C19H21ClN2O3. The molecule has 0 fully saturated rings. The smallest absolute Gasteiger partial charge is 0.240 e. The minimum absolute atomic E-state index is 0.0642. The Hall–Kier alpha value is -2.53. The molecule has 0 spiro atoms. The third-order valence-electron chi connectivity index (χ3n) is 3.68. The lowest BCUT2D eigenvalue weighted by Gasteiger charge is -2.22. The molecule has 0 atom stereocenters. The van der Waals surface area contributed by atoms with Crippen LogP contribution in [0.2, 0.25) is 5.02 Å². The first-order valence-corrected chi connectivity index (χ1v) is 8.31. The summed E-state index contributed by atoms with van der Waals surface area (Å²) in [6, 6.07) is 14.6. The molecule has 0 unspecified atom stereocenters. The van der Waals surface area contributed by atoms with Gasteiger partial charge in [-0.3, -0.25) is 14.5 Å². The molecule has 0 aliphatic heterocycles. The van der Waals surface area contributed by atoms with Gasteiger partial charge in [0, 0.05) is 18.5 Å². The number of para-hydroxylation sites is 2. The van der Waals surface area contributed by atoms with Gasteiger partial charge in [-0.1, -0.05) is 35.9 Å². The second-order valence-electron chi connectivity index (χ2n) is 5.51. The van der Waals surface area contributed by atoms with Crippen LogP contribution < -0.4 is 15.0 Å². The van der Waals surface area contributed by atoms with Crippen molar-refractivity contribution in [2.75, 3.05) is 25.1 Å². The molecule has 2 aromatic carbocycles. The summed E-state index contributed by atoms with van der Waals surface area (Å²) < 4.78 is 5.27. The van der Waals surface area contributed by atoms with Crippen molar-refractivity contribution in [2.24, 2.45) is 0 Å². The zero-order chi connectivity index (χ0) is 18.2. The minimum Gasteiger partial charge on any atom is -0.495 e. The Kier molecular flexibility index (Phi) is 6.83. The SMILES string of the molecule is COc1ccccc1N(CC(=O)NCCc1cccc(Cl)c1)C(C)=O. The standard InChI is InChI=1S/C19H21ClN2O3/c1-14(23)22(17-8-3-4-9-18(17)25-2)13-19(24)21-11-10-15-6-5-7-16(20)12-15/h3-9,12H,10-11,13H2,1-2H3,(H,21,24). The van der Waals surface area contributed by atoms with Crippen LogP contribution >= 0.6 is 11.6 Å². The quantitative estimate of drug-likeness (QED) is 0.825. The number of carbonyl (C=O) groups excluding carboxylic acids is 2. The number of halogens is 1. The maximum Gasteiger partial charge on any atom is 0.240 e. The zero-order valence-electron chi connectivity index (χ0n) is 14.3. The van der Waals surface area contributed by atoms with Gasteiger partial charge in [0.2, 0.25) is 11.8 Å². The van der Waals surface area contributed by atoms with Crippen molar-refractivity contribution in [3.63, 3.8) is 0 Å². The lowest BCUT2D eigenvalue weighted by Crippen LogP contribution is -2.40. The highest BCUT2D eigenvalue weighted by Crippen LogP contribution is 2.27. The summed E-state index contributed by atoms with van der Waals surface area (Å²) in [5, 5.41) is 3.50. The number of nitrogens with zero attached hydrogens (tertiary/aromatic N) is 1. The first-order chi connectivity index (χ1) is 12.0. The van der Waals surface area contributed by atoms with Crippen LogP contribution in [0.3, 0.4) is 0 Å². The summed E-state index contributed by atoms with van der Waals surface area (Å²) in [6.45, 7) is 1.83. The molecule has 2 amide bonds. The molecule has 25 heavy (non-hydrogen) atoms.